The van der Waals surface area contributed by atoms with E-state index in [0.717, 1.165) is 62.8 Å². The summed E-state index contributed by atoms with van der Waals surface area (Å²) in [6.07, 6.45) is 4.09. The van der Waals surface area contributed by atoms with Gasteiger partial charge >= 0.3 is 0 Å². The smallest absolute Gasteiger partial charge is 0.241 e. The Bertz CT molecular complexity index is 884. The molecule has 0 bridgehead atoms. The van der Waals surface area contributed by atoms with Crippen LogP contribution in [0.4, 0.5) is 0 Å². The Hall–Kier alpha value is -1.96. The Kier molecular flexibility index (Phi) is 8.39. The van der Waals surface area contributed by atoms with Crippen LogP contribution >= 0.6 is 11.6 Å². The number of benzene rings is 1. The highest BCUT2D eigenvalue weighted by Gasteiger charge is 2.26. The molecular weight excluding hydrogens is 438 g/mol. The Morgan fingerprint density at radius 3 is 2.52 bits per heavy atom. The molecule has 8 heteroatoms. The van der Waals surface area contributed by atoms with Gasteiger partial charge in [-0.25, -0.2) is 0 Å². The van der Waals surface area contributed by atoms with Gasteiger partial charge in [-0.3, -0.25) is 9.69 Å². The zero-order valence-electron chi connectivity index (χ0n) is 19.8. The first kappa shape index (κ1) is 24.2. The monoisotopic (exact) mass is 473 g/mol. The first-order chi connectivity index (χ1) is 16.0. The lowest BCUT2D eigenvalue weighted by Gasteiger charge is -2.35. The van der Waals surface area contributed by atoms with Gasteiger partial charge in [-0.05, 0) is 81.4 Å². The van der Waals surface area contributed by atoms with Crippen LogP contribution in [-0.2, 0) is 11.3 Å². The van der Waals surface area contributed by atoms with Gasteiger partial charge in [0, 0.05) is 36.1 Å². The average Bonchev–Trinajstić information content (AvgIpc) is 3.25. The molecule has 2 aliphatic rings. The van der Waals surface area contributed by atoms with E-state index >= 15 is 0 Å². The van der Waals surface area contributed by atoms with Crippen molar-refractivity contribution < 1.29 is 9.32 Å². The maximum absolute atomic E-state index is 12.6. The van der Waals surface area contributed by atoms with Crippen LogP contribution in [0.3, 0.4) is 0 Å². The fraction of sp³-hybridized carbons (Fsp3) is 0.640. The van der Waals surface area contributed by atoms with Gasteiger partial charge in [0.1, 0.15) is 0 Å². The minimum Gasteiger partial charge on any atom is -0.356 e. The number of amides is 1. The standard InChI is InChI=1S/C25H36ClN5O2/c1-18-14-19(2)16-31(15-18)11-3-10-27-25(32)21-8-12-30(13-9-21)17-23-28-24(29-33-23)20-4-6-22(26)7-5-20/h4-7,18-19,21H,3,8-17H2,1-2H3,(H,27,32). The van der Waals surface area contributed by atoms with Crippen LogP contribution in [-0.4, -0.2) is 65.1 Å². The molecule has 2 unspecified atom stereocenters. The second kappa shape index (κ2) is 11.4. The molecule has 180 valence electrons. The first-order valence-corrected chi connectivity index (χ1v) is 12.6. The van der Waals surface area contributed by atoms with E-state index in [0.29, 0.717) is 23.3 Å². The van der Waals surface area contributed by atoms with Crippen LogP contribution in [0.5, 0.6) is 0 Å². The van der Waals surface area contributed by atoms with Crippen molar-refractivity contribution in [3.8, 4) is 11.4 Å². The summed E-state index contributed by atoms with van der Waals surface area (Å²) in [6.45, 7) is 11.3. The van der Waals surface area contributed by atoms with Crippen LogP contribution < -0.4 is 5.32 Å². The second-order valence-corrected chi connectivity index (χ2v) is 10.4. The van der Waals surface area contributed by atoms with Gasteiger partial charge in [-0.1, -0.05) is 30.6 Å². The lowest BCUT2D eigenvalue weighted by molar-refractivity contribution is -0.126. The van der Waals surface area contributed by atoms with E-state index in [1.807, 2.05) is 24.3 Å². The van der Waals surface area contributed by atoms with Gasteiger partial charge < -0.3 is 14.7 Å². The number of likely N-dealkylation sites (tertiary alicyclic amines) is 2. The third-order valence-corrected chi connectivity index (χ3v) is 7.03. The molecule has 0 saturated carbocycles. The Labute approximate surface area is 201 Å². The van der Waals surface area contributed by atoms with Gasteiger partial charge in [0.25, 0.3) is 0 Å². The summed E-state index contributed by atoms with van der Waals surface area (Å²) in [5, 5.41) is 7.94. The average molecular weight is 474 g/mol. The van der Waals surface area contributed by atoms with E-state index < -0.39 is 0 Å². The number of carbonyl (C=O) groups excluding carboxylic acids is 1. The van der Waals surface area contributed by atoms with Crippen molar-refractivity contribution in [2.24, 2.45) is 17.8 Å². The third-order valence-electron chi connectivity index (χ3n) is 6.78. The number of halogens is 1. The summed E-state index contributed by atoms with van der Waals surface area (Å²) in [5.41, 5.74) is 0.883. The number of aromatic nitrogens is 2. The molecule has 7 nitrogen and oxygen atoms in total. The van der Waals surface area contributed by atoms with E-state index in [9.17, 15) is 4.79 Å². The molecular formula is C25H36ClN5O2. The predicted molar refractivity (Wildman–Crippen MR) is 130 cm³/mol. The highest BCUT2D eigenvalue weighted by molar-refractivity contribution is 6.30. The molecule has 1 aromatic heterocycles. The van der Waals surface area contributed by atoms with Crippen molar-refractivity contribution in [3.63, 3.8) is 0 Å². The fourth-order valence-electron chi connectivity index (χ4n) is 5.21. The summed E-state index contributed by atoms with van der Waals surface area (Å²) >= 11 is 5.94. The minimum absolute atomic E-state index is 0.101. The van der Waals surface area contributed by atoms with Crippen LogP contribution in [0.2, 0.25) is 5.02 Å². The lowest BCUT2D eigenvalue weighted by atomic mass is 9.92. The van der Waals surface area contributed by atoms with Crippen molar-refractivity contribution in [2.75, 3.05) is 39.3 Å². The maximum Gasteiger partial charge on any atom is 0.241 e. The Morgan fingerprint density at radius 2 is 1.82 bits per heavy atom. The number of nitrogens with one attached hydrogen (secondary N) is 1. The molecule has 1 aromatic carbocycles. The molecule has 4 rings (SSSR count). The van der Waals surface area contributed by atoms with Gasteiger partial charge in [0.05, 0.1) is 6.54 Å². The van der Waals surface area contributed by atoms with Crippen molar-refractivity contribution in [2.45, 2.75) is 46.1 Å². The number of nitrogens with zero attached hydrogens (tertiary/aromatic N) is 4. The van der Waals surface area contributed by atoms with Gasteiger partial charge in [-0.2, -0.15) is 4.98 Å². The van der Waals surface area contributed by atoms with E-state index in [4.69, 9.17) is 16.1 Å². The molecule has 1 N–H and O–H groups in total. The van der Waals surface area contributed by atoms with Crippen molar-refractivity contribution in [3.05, 3.63) is 35.2 Å². The number of hydrogen-bond acceptors (Lipinski definition) is 6. The Balaban J connectivity index is 1.14. The highest BCUT2D eigenvalue weighted by Crippen LogP contribution is 2.22. The van der Waals surface area contributed by atoms with E-state index in [1.54, 1.807) is 0 Å². The van der Waals surface area contributed by atoms with E-state index in [1.165, 1.54) is 19.5 Å². The van der Waals surface area contributed by atoms with Gasteiger partial charge in [0.15, 0.2) is 0 Å². The zero-order chi connectivity index (χ0) is 23.2. The summed E-state index contributed by atoms with van der Waals surface area (Å²) in [5.74, 6) is 3.05. The highest BCUT2D eigenvalue weighted by atomic mass is 35.5. The molecule has 0 radical (unpaired) electrons. The summed E-state index contributed by atoms with van der Waals surface area (Å²) in [6, 6.07) is 7.40. The van der Waals surface area contributed by atoms with Crippen LogP contribution in [0.15, 0.2) is 28.8 Å². The SMILES string of the molecule is CC1CC(C)CN(CCCNC(=O)C2CCN(Cc3nc(-c4ccc(Cl)cc4)no3)CC2)C1. The second-order valence-electron chi connectivity index (χ2n) is 9.92. The minimum atomic E-state index is 0.101. The number of piperidine rings is 2. The maximum atomic E-state index is 12.6. The molecule has 2 saturated heterocycles. The molecule has 2 atom stereocenters. The van der Waals surface area contributed by atoms with Crippen LogP contribution in [0.1, 0.15) is 45.4 Å². The Morgan fingerprint density at radius 1 is 1.12 bits per heavy atom. The molecule has 2 aliphatic heterocycles. The van der Waals surface area contributed by atoms with Crippen molar-refractivity contribution in [1.82, 2.24) is 25.3 Å². The molecule has 2 aromatic rings. The van der Waals surface area contributed by atoms with Gasteiger partial charge in [0.2, 0.25) is 17.6 Å². The third kappa shape index (κ3) is 7.01. The number of rotatable bonds is 8. The summed E-state index contributed by atoms with van der Waals surface area (Å²) in [4.78, 5) is 22.0. The summed E-state index contributed by atoms with van der Waals surface area (Å²) in [7, 11) is 0. The molecule has 0 aliphatic carbocycles. The van der Waals surface area contributed by atoms with Crippen molar-refractivity contribution in [1.29, 1.82) is 0 Å². The van der Waals surface area contributed by atoms with Crippen LogP contribution in [0.25, 0.3) is 11.4 Å². The number of carbonyl (C=O) groups is 1. The van der Waals surface area contributed by atoms with Crippen LogP contribution in [0, 0.1) is 17.8 Å². The lowest BCUT2D eigenvalue weighted by Crippen LogP contribution is -2.42. The van der Waals surface area contributed by atoms with E-state index in [2.05, 4.69) is 39.1 Å². The topological polar surface area (TPSA) is 74.5 Å². The first-order valence-electron chi connectivity index (χ1n) is 12.3. The fourth-order valence-corrected chi connectivity index (χ4v) is 5.34. The van der Waals surface area contributed by atoms with Gasteiger partial charge in [-0.15, -0.1) is 0 Å². The summed E-state index contributed by atoms with van der Waals surface area (Å²) < 4.78 is 5.44. The molecule has 0 spiro atoms. The molecule has 3 heterocycles. The number of hydrogen-bond donors (Lipinski definition) is 1. The molecule has 33 heavy (non-hydrogen) atoms. The molecule has 1 amide bonds. The predicted octanol–water partition coefficient (Wildman–Crippen LogP) is 4.09. The zero-order valence-corrected chi connectivity index (χ0v) is 20.6. The quantitative estimate of drug-likeness (QED) is 0.582. The normalized spacial score (nSPS) is 23.0. The van der Waals surface area contributed by atoms with E-state index in [-0.39, 0.29) is 11.8 Å². The van der Waals surface area contributed by atoms with Crippen molar-refractivity contribution >= 4 is 17.5 Å². The molecule has 2 fully saturated rings. The largest absolute Gasteiger partial charge is 0.356 e.